The lowest BCUT2D eigenvalue weighted by atomic mass is 9.95. The SMILES string of the molecule is CN=C(NCC(=O)NC1CCCCC1)NC(C)(C)C.I. The molecule has 0 aromatic carbocycles. The van der Waals surface area contributed by atoms with Crippen molar-refractivity contribution in [3.8, 4) is 0 Å². The van der Waals surface area contributed by atoms with Gasteiger partial charge in [0.25, 0.3) is 0 Å². The van der Waals surface area contributed by atoms with Crippen molar-refractivity contribution in [1.29, 1.82) is 0 Å². The summed E-state index contributed by atoms with van der Waals surface area (Å²) < 4.78 is 0. The Kier molecular flexibility index (Phi) is 9.16. The van der Waals surface area contributed by atoms with Crippen molar-refractivity contribution in [2.45, 2.75) is 64.5 Å². The van der Waals surface area contributed by atoms with Gasteiger partial charge in [0.2, 0.25) is 5.91 Å². The molecule has 1 rings (SSSR count). The van der Waals surface area contributed by atoms with Crippen LogP contribution in [0.4, 0.5) is 0 Å². The number of rotatable bonds is 3. The van der Waals surface area contributed by atoms with Crippen molar-refractivity contribution in [1.82, 2.24) is 16.0 Å². The van der Waals surface area contributed by atoms with E-state index in [1.807, 2.05) is 0 Å². The maximum atomic E-state index is 11.8. The summed E-state index contributed by atoms with van der Waals surface area (Å²) in [5.41, 5.74) is -0.0678. The lowest BCUT2D eigenvalue weighted by Crippen LogP contribution is -2.50. The summed E-state index contributed by atoms with van der Waals surface area (Å²) in [5, 5.41) is 9.34. The number of carbonyl (C=O) groups is 1. The molecule has 0 aromatic rings. The molecule has 0 radical (unpaired) electrons. The molecule has 0 heterocycles. The Morgan fingerprint density at radius 1 is 1.20 bits per heavy atom. The third kappa shape index (κ3) is 8.60. The van der Waals surface area contributed by atoms with Crippen molar-refractivity contribution in [2.75, 3.05) is 13.6 Å². The molecule has 1 aliphatic carbocycles. The number of hydrogen-bond acceptors (Lipinski definition) is 2. The third-order valence-corrected chi connectivity index (χ3v) is 3.10. The van der Waals surface area contributed by atoms with E-state index >= 15 is 0 Å². The summed E-state index contributed by atoms with van der Waals surface area (Å²) >= 11 is 0. The number of guanidine groups is 1. The van der Waals surface area contributed by atoms with Crippen LogP contribution in [0.1, 0.15) is 52.9 Å². The summed E-state index contributed by atoms with van der Waals surface area (Å²) in [7, 11) is 1.71. The van der Waals surface area contributed by atoms with E-state index in [2.05, 4.69) is 41.7 Å². The molecule has 0 aliphatic heterocycles. The van der Waals surface area contributed by atoms with Crippen LogP contribution < -0.4 is 16.0 Å². The largest absolute Gasteiger partial charge is 0.352 e. The first-order chi connectivity index (χ1) is 8.90. The van der Waals surface area contributed by atoms with Crippen LogP contribution >= 0.6 is 24.0 Å². The van der Waals surface area contributed by atoms with Gasteiger partial charge in [0.1, 0.15) is 0 Å². The summed E-state index contributed by atoms with van der Waals surface area (Å²) in [6.07, 6.45) is 5.98. The highest BCUT2D eigenvalue weighted by molar-refractivity contribution is 14.0. The molecule has 3 N–H and O–H groups in total. The van der Waals surface area contributed by atoms with Gasteiger partial charge < -0.3 is 16.0 Å². The number of halogens is 1. The number of nitrogens with one attached hydrogen (secondary N) is 3. The lowest BCUT2D eigenvalue weighted by Gasteiger charge is -2.25. The van der Waals surface area contributed by atoms with E-state index in [4.69, 9.17) is 0 Å². The molecule has 1 saturated carbocycles. The Balaban J connectivity index is 0.00000361. The number of amides is 1. The first-order valence-corrected chi connectivity index (χ1v) is 7.19. The molecule has 1 amide bonds. The van der Waals surface area contributed by atoms with Crippen molar-refractivity contribution in [3.63, 3.8) is 0 Å². The molecule has 1 aliphatic rings. The van der Waals surface area contributed by atoms with Gasteiger partial charge in [0.15, 0.2) is 5.96 Å². The van der Waals surface area contributed by atoms with Crippen LogP contribution in [-0.4, -0.2) is 37.0 Å². The molecule has 5 nitrogen and oxygen atoms in total. The average Bonchev–Trinajstić information content (AvgIpc) is 2.34. The van der Waals surface area contributed by atoms with Gasteiger partial charge in [-0.2, -0.15) is 0 Å². The number of aliphatic imine (C=N–C) groups is 1. The zero-order valence-electron chi connectivity index (χ0n) is 13.1. The molecule has 0 spiro atoms. The third-order valence-electron chi connectivity index (χ3n) is 3.10. The molecule has 20 heavy (non-hydrogen) atoms. The number of carbonyl (C=O) groups excluding carboxylic acids is 1. The molecule has 0 bridgehead atoms. The van der Waals surface area contributed by atoms with Gasteiger partial charge in [-0.25, -0.2) is 0 Å². The Labute approximate surface area is 139 Å². The molecule has 118 valence electrons. The second-order valence-corrected chi connectivity index (χ2v) is 6.20. The summed E-state index contributed by atoms with van der Waals surface area (Å²) in [6, 6.07) is 0.362. The predicted octanol–water partition coefficient (Wildman–Crippen LogP) is 2.02. The Morgan fingerprint density at radius 2 is 1.80 bits per heavy atom. The number of nitrogens with zero attached hydrogens (tertiary/aromatic N) is 1. The normalized spacial score (nSPS) is 17.1. The van der Waals surface area contributed by atoms with Crippen LogP contribution in [0.2, 0.25) is 0 Å². The van der Waals surface area contributed by atoms with E-state index < -0.39 is 0 Å². The minimum atomic E-state index is -0.0678. The first kappa shape index (κ1) is 19.5. The standard InChI is InChI=1S/C14H28N4O.HI/c1-14(2,3)18-13(15-4)16-10-12(19)17-11-8-6-5-7-9-11;/h11H,5-10H2,1-4H3,(H,17,19)(H2,15,16,18);1H. The maximum Gasteiger partial charge on any atom is 0.239 e. The fraction of sp³-hybridized carbons (Fsp3) is 0.857. The molecule has 0 saturated heterocycles. The van der Waals surface area contributed by atoms with Gasteiger partial charge in [-0.15, -0.1) is 24.0 Å². The van der Waals surface area contributed by atoms with Crippen LogP contribution in [0.25, 0.3) is 0 Å². The molecular formula is C14H29IN4O. The van der Waals surface area contributed by atoms with Gasteiger partial charge in [0, 0.05) is 18.6 Å². The van der Waals surface area contributed by atoms with Gasteiger partial charge in [-0.05, 0) is 33.6 Å². The van der Waals surface area contributed by atoms with Crippen molar-refractivity contribution >= 4 is 35.8 Å². The zero-order valence-corrected chi connectivity index (χ0v) is 15.4. The summed E-state index contributed by atoms with van der Waals surface area (Å²) in [5.74, 6) is 0.704. The topological polar surface area (TPSA) is 65.5 Å². The van der Waals surface area contributed by atoms with E-state index in [9.17, 15) is 4.79 Å². The van der Waals surface area contributed by atoms with Crippen LogP contribution in [0.3, 0.4) is 0 Å². The molecule has 0 unspecified atom stereocenters. The van der Waals surface area contributed by atoms with E-state index in [1.54, 1.807) is 7.05 Å². The summed E-state index contributed by atoms with van der Waals surface area (Å²) in [4.78, 5) is 15.9. The van der Waals surface area contributed by atoms with Crippen LogP contribution in [0.5, 0.6) is 0 Å². The van der Waals surface area contributed by atoms with Crippen molar-refractivity contribution < 1.29 is 4.79 Å². The predicted molar refractivity (Wildman–Crippen MR) is 94.7 cm³/mol. The van der Waals surface area contributed by atoms with Crippen molar-refractivity contribution in [2.24, 2.45) is 4.99 Å². The van der Waals surface area contributed by atoms with Gasteiger partial charge >= 0.3 is 0 Å². The Hall–Kier alpha value is -0.530. The fourth-order valence-corrected chi connectivity index (χ4v) is 2.22. The highest BCUT2D eigenvalue weighted by Gasteiger charge is 2.16. The van der Waals surface area contributed by atoms with Crippen LogP contribution in [0, 0.1) is 0 Å². The number of hydrogen-bond donors (Lipinski definition) is 3. The van der Waals surface area contributed by atoms with E-state index in [-0.39, 0.29) is 42.0 Å². The second kappa shape index (κ2) is 9.41. The minimum Gasteiger partial charge on any atom is -0.352 e. The van der Waals surface area contributed by atoms with Gasteiger partial charge in [0.05, 0.1) is 6.54 Å². The fourth-order valence-electron chi connectivity index (χ4n) is 2.22. The first-order valence-electron chi connectivity index (χ1n) is 7.19. The Morgan fingerprint density at radius 3 is 2.30 bits per heavy atom. The van der Waals surface area contributed by atoms with E-state index in [1.165, 1.54) is 19.3 Å². The highest BCUT2D eigenvalue weighted by Crippen LogP contribution is 2.17. The van der Waals surface area contributed by atoms with Crippen LogP contribution in [0.15, 0.2) is 4.99 Å². The second-order valence-electron chi connectivity index (χ2n) is 6.20. The molecule has 0 atom stereocenters. The summed E-state index contributed by atoms with van der Waals surface area (Å²) in [6.45, 7) is 6.44. The zero-order chi connectivity index (χ0) is 14.3. The quantitative estimate of drug-likeness (QED) is 0.389. The van der Waals surface area contributed by atoms with Crippen LogP contribution in [-0.2, 0) is 4.79 Å². The van der Waals surface area contributed by atoms with Gasteiger partial charge in [-0.1, -0.05) is 19.3 Å². The molecule has 0 aromatic heterocycles. The lowest BCUT2D eigenvalue weighted by molar-refractivity contribution is -0.120. The highest BCUT2D eigenvalue weighted by atomic mass is 127. The minimum absolute atomic E-state index is 0. The average molecular weight is 396 g/mol. The molecule has 1 fully saturated rings. The molecular weight excluding hydrogens is 367 g/mol. The maximum absolute atomic E-state index is 11.8. The van der Waals surface area contributed by atoms with E-state index in [0.717, 1.165) is 12.8 Å². The molecule has 6 heteroatoms. The Bertz CT molecular complexity index is 320. The van der Waals surface area contributed by atoms with E-state index in [0.29, 0.717) is 12.0 Å². The monoisotopic (exact) mass is 396 g/mol. The van der Waals surface area contributed by atoms with Gasteiger partial charge in [-0.3, -0.25) is 9.79 Å². The smallest absolute Gasteiger partial charge is 0.239 e. The van der Waals surface area contributed by atoms with Crippen molar-refractivity contribution in [3.05, 3.63) is 0 Å².